The Morgan fingerprint density at radius 2 is 2.00 bits per heavy atom. The molecule has 4 heteroatoms. The van der Waals surface area contributed by atoms with Crippen LogP contribution in [0.3, 0.4) is 0 Å². The van der Waals surface area contributed by atoms with Crippen molar-refractivity contribution in [1.29, 1.82) is 0 Å². The first kappa shape index (κ1) is 14.6. The second-order valence-corrected chi connectivity index (χ2v) is 5.85. The molecular weight excluding hydrogens is 238 g/mol. The third kappa shape index (κ3) is 3.02. The quantitative estimate of drug-likeness (QED) is 0.905. The van der Waals surface area contributed by atoms with Crippen LogP contribution in [-0.2, 0) is 0 Å². The number of nitrogens with zero attached hydrogens (tertiary/aromatic N) is 2. The number of likely N-dealkylation sites (N-methyl/N-ethyl adjacent to an activating group) is 1. The van der Waals surface area contributed by atoms with Crippen molar-refractivity contribution in [2.24, 2.45) is 5.73 Å². The van der Waals surface area contributed by atoms with Crippen molar-refractivity contribution < 1.29 is 4.42 Å². The molecule has 1 aromatic heterocycles. The summed E-state index contributed by atoms with van der Waals surface area (Å²) in [4.78, 5) is 4.93. The minimum absolute atomic E-state index is 0.119. The summed E-state index contributed by atoms with van der Waals surface area (Å²) in [5.74, 6) is 0.998. The van der Waals surface area contributed by atoms with E-state index in [0.717, 1.165) is 25.3 Å². The SMILES string of the molecule is CCC(N)C(c1ccco1)N1CC(C)N(C)C(C)C1. The van der Waals surface area contributed by atoms with E-state index in [-0.39, 0.29) is 12.1 Å². The minimum atomic E-state index is 0.119. The number of furan rings is 1. The van der Waals surface area contributed by atoms with Crippen LogP contribution in [-0.4, -0.2) is 48.1 Å². The van der Waals surface area contributed by atoms with Gasteiger partial charge in [-0.2, -0.15) is 0 Å². The maximum atomic E-state index is 6.35. The van der Waals surface area contributed by atoms with Crippen LogP contribution in [0.2, 0.25) is 0 Å². The molecule has 108 valence electrons. The highest BCUT2D eigenvalue weighted by molar-refractivity contribution is 5.09. The Kier molecular flexibility index (Phi) is 4.66. The molecule has 4 unspecified atom stereocenters. The summed E-state index contributed by atoms with van der Waals surface area (Å²) >= 11 is 0. The van der Waals surface area contributed by atoms with E-state index in [0.29, 0.717) is 12.1 Å². The fourth-order valence-corrected chi connectivity index (χ4v) is 3.02. The first-order valence-corrected chi connectivity index (χ1v) is 7.29. The summed E-state index contributed by atoms with van der Waals surface area (Å²) in [5.41, 5.74) is 6.35. The maximum absolute atomic E-state index is 6.35. The van der Waals surface area contributed by atoms with E-state index in [1.54, 1.807) is 6.26 Å². The van der Waals surface area contributed by atoms with Crippen molar-refractivity contribution in [3.63, 3.8) is 0 Å². The smallest absolute Gasteiger partial charge is 0.122 e. The van der Waals surface area contributed by atoms with Crippen LogP contribution in [0.5, 0.6) is 0 Å². The Labute approximate surface area is 116 Å². The Hall–Kier alpha value is -0.840. The van der Waals surface area contributed by atoms with Crippen molar-refractivity contribution in [3.8, 4) is 0 Å². The lowest BCUT2D eigenvalue weighted by Gasteiger charge is -2.46. The van der Waals surface area contributed by atoms with Gasteiger partial charge in [0.05, 0.1) is 12.3 Å². The fourth-order valence-electron chi connectivity index (χ4n) is 3.02. The van der Waals surface area contributed by atoms with E-state index in [4.69, 9.17) is 10.2 Å². The van der Waals surface area contributed by atoms with Crippen LogP contribution in [0.1, 0.15) is 39.0 Å². The highest BCUT2D eigenvalue weighted by Gasteiger charge is 2.35. The summed E-state index contributed by atoms with van der Waals surface area (Å²) in [6.07, 6.45) is 2.70. The average molecular weight is 265 g/mol. The van der Waals surface area contributed by atoms with Crippen LogP contribution in [0.25, 0.3) is 0 Å². The lowest BCUT2D eigenvalue weighted by atomic mass is 9.98. The predicted octanol–water partition coefficient (Wildman–Crippen LogP) is 2.08. The molecular formula is C15H27N3O. The van der Waals surface area contributed by atoms with Crippen molar-refractivity contribution in [2.75, 3.05) is 20.1 Å². The zero-order chi connectivity index (χ0) is 14.0. The molecule has 4 nitrogen and oxygen atoms in total. The van der Waals surface area contributed by atoms with Gasteiger partial charge in [0, 0.05) is 31.2 Å². The number of hydrogen-bond acceptors (Lipinski definition) is 4. The van der Waals surface area contributed by atoms with Crippen molar-refractivity contribution >= 4 is 0 Å². The van der Waals surface area contributed by atoms with Gasteiger partial charge in [0.2, 0.25) is 0 Å². The van der Waals surface area contributed by atoms with E-state index < -0.39 is 0 Å². The van der Waals surface area contributed by atoms with Gasteiger partial charge in [-0.05, 0) is 39.4 Å². The molecule has 1 aliphatic heterocycles. The first-order valence-electron chi connectivity index (χ1n) is 7.29. The van der Waals surface area contributed by atoms with Crippen LogP contribution in [0.4, 0.5) is 0 Å². The highest BCUT2D eigenvalue weighted by atomic mass is 16.3. The lowest BCUT2D eigenvalue weighted by molar-refractivity contribution is 0.0192. The summed E-state index contributed by atoms with van der Waals surface area (Å²) < 4.78 is 5.63. The van der Waals surface area contributed by atoms with Crippen molar-refractivity contribution in [3.05, 3.63) is 24.2 Å². The first-order chi connectivity index (χ1) is 9.04. The molecule has 4 atom stereocenters. The van der Waals surface area contributed by atoms with Gasteiger partial charge in [-0.15, -0.1) is 0 Å². The molecule has 0 aliphatic carbocycles. The second kappa shape index (κ2) is 6.07. The summed E-state index contributed by atoms with van der Waals surface area (Å²) in [5, 5.41) is 0. The predicted molar refractivity (Wildman–Crippen MR) is 78.0 cm³/mol. The number of hydrogen-bond donors (Lipinski definition) is 1. The van der Waals surface area contributed by atoms with Crippen LogP contribution in [0, 0.1) is 0 Å². The summed E-state index contributed by atoms with van der Waals surface area (Å²) in [7, 11) is 2.20. The second-order valence-electron chi connectivity index (χ2n) is 5.85. The molecule has 2 N–H and O–H groups in total. The molecule has 1 fully saturated rings. The van der Waals surface area contributed by atoms with E-state index in [2.05, 4.69) is 37.6 Å². The normalized spacial score (nSPS) is 29.3. The molecule has 1 saturated heterocycles. The van der Waals surface area contributed by atoms with E-state index in [9.17, 15) is 0 Å². The average Bonchev–Trinajstić information content (AvgIpc) is 2.89. The van der Waals surface area contributed by atoms with Gasteiger partial charge in [-0.25, -0.2) is 0 Å². The largest absolute Gasteiger partial charge is 0.468 e. The lowest BCUT2D eigenvalue weighted by Crippen LogP contribution is -2.57. The van der Waals surface area contributed by atoms with E-state index >= 15 is 0 Å². The molecule has 1 aliphatic rings. The number of piperazine rings is 1. The van der Waals surface area contributed by atoms with Crippen LogP contribution >= 0.6 is 0 Å². The van der Waals surface area contributed by atoms with Crippen LogP contribution < -0.4 is 5.73 Å². The molecule has 0 radical (unpaired) electrons. The highest BCUT2D eigenvalue weighted by Crippen LogP contribution is 2.29. The third-order valence-corrected chi connectivity index (χ3v) is 4.49. The molecule has 19 heavy (non-hydrogen) atoms. The molecule has 0 saturated carbocycles. The molecule has 2 heterocycles. The summed E-state index contributed by atoms with van der Waals surface area (Å²) in [6, 6.07) is 5.41. The third-order valence-electron chi connectivity index (χ3n) is 4.49. The number of nitrogens with two attached hydrogens (primary N) is 1. The monoisotopic (exact) mass is 265 g/mol. The van der Waals surface area contributed by atoms with Gasteiger partial charge in [0.25, 0.3) is 0 Å². The number of rotatable bonds is 4. The standard InChI is InChI=1S/C15H27N3O/c1-5-13(16)15(14-7-6-8-19-14)18-9-11(2)17(4)12(3)10-18/h6-8,11-13,15H,5,9-10,16H2,1-4H3. The van der Waals surface area contributed by atoms with Gasteiger partial charge in [0.15, 0.2) is 0 Å². The Bertz CT molecular complexity index is 367. The van der Waals surface area contributed by atoms with Gasteiger partial charge in [-0.3, -0.25) is 9.80 Å². The van der Waals surface area contributed by atoms with Crippen molar-refractivity contribution in [2.45, 2.75) is 51.4 Å². The summed E-state index contributed by atoms with van der Waals surface area (Å²) in [6.45, 7) is 8.78. The van der Waals surface area contributed by atoms with Crippen LogP contribution in [0.15, 0.2) is 22.8 Å². The molecule has 2 rings (SSSR count). The van der Waals surface area contributed by atoms with E-state index in [1.807, 2.05) is 12.1 Å². The zero-order valence-electron chi connectivity index (χ0n) is 12.5. The topological polar surface area (TPSA) is 45.6 Å². The molecule has 0 bridgehead atoms. The molecule has 0 spiro atoms. The van der Waals surface area contributed by atoms with Crippen molar-refractivity contribution in [1.82, 2.24) is 9.80 Å². The maximum Gasteiger partial charge on any atom is 0.122 e. The zero-order valence-corrected chi connectivity index (χ0v) is 12.5. The van der Waals surface area contributed by atoms with Gasteiger partial charge in [0.1, 0.15) is 5.76 Å². The minimum Gasteiger partial charge on any atom is -0.468 e. The molecule has 0 amide bonds. The van der Waals surface area contributed by atoms with Gasteiger partial charge < -0.3 is 10.2 Å². The van der Waals surface area contributed by atoms with E-state index in [1.165, 1.54) is 0 Å². The van der Waals surface area contributed by atoms with Gasteiger partial charge in [-0.1, -0.05) is 6.92 Å². The Morgan fingerprint density at radius 1 is 1.37 bits per heavy atom. The Morgan fingerprint density at radius 3 is 2.47 bits per heavy atom. The van der Waals surface area contributed by atoms with Gasteiger partial charge >= 0.3 is 0 Å². The molecule has 0 aromatic carbocycles. The Balaban J connectivity index is 2.19. The fraction of sp³-hybridized carbons (Fsp3) is 0.733. The molecule has 1 aromatic rings.